The molecule has 2 spiro atoms. The Morgan fingerprint density at radius 1 is 1.14 bits per heavy atom. The van der Waals surface area contributed by atoms with E-state index in [1.807, 2.05) is 18.2 Å². The van der Waals surface area contributed by atoms with E-state index >= 15 is 0 Å². The minimum absolute atomic E-state index is 0.114. The number of nitrogens with zero attached hydrogens (tertiary/aromatic N) is 4. The third kappa shape index (κ3) is 5.98. The average Bonchev–Trinajstić information content (AvgIpc) is 3.94. The van der Waals surface area contributed by atoms with Crippen LogP contribution >= 0.6 is 23.5 Å². The van der Waals surface area contributed by atoms with E-state index in [0.29, 0.717) is 34.0 Å². The molecular formula is C32H40ClN7O2S. The van der Waals surface area contributed by atoms with Gasteiger partial charge in [0.15, 0.2) is 5.82 Å². The van der Waals surface area contributed by atoms with Gasteiger partial charge in [-0.05, 0) is 118 Å². The fraction of sp³-hybridized carbons (Fsp3) is 0.562. The summed E-state index contributed by atoms with van der Waals surface area (Å²) >= 11 is 7.61. The van der Waals surface area contributed by atoms with Gasteiger partial charge in [-0.25, -0.2) is 14.6 Å². The molecule has 0 radical (unpaired) electrons. The van der Waals surface area contributed by atoms with Gasteiger partial charge < -0.3 is 15.4 Å². The third-order valence-electron chi connectivity index (χ3n) is 10.1. The zero-order valence-electron chi connectivity index (χ0n) is 24.9. The lowest BCUT2D eigenvalue weighted by Gasteiger charge is -2.17. The van der Waals surface area contributed by atoms with Crippen LogP contribution in [0.15, 0.2) is 47.6 Å². The van der Waals surface area contributed by atoms with E-state index in [1.54, 1.807) is 29.2 Å². The van der Waals surface area contributed by atoms with Gasteiger partial charge in [-0.2, -0.15) is 0 Å². The highest BCUT2D eigenvalue weighted by Gasteiger charge is 2.86. The normalized spacial score (nSPS) is 22.1. The number of amides is 1. The number of pyridine rings is 2. The Morgan fingerprint density at radius 3 is 2.63 bits per heavy atom. The monoisotopic (exact) mass is 621 g/mol. The number of carbonyl (C=O) groups excluding carboxylic acids is 1. The summed E-state index contributed by atoms with van der Waals surface area (Å²) in [5.41, 5.74) is 1.80. The van der Waals surface area contributed by atoms with Gasteiger partial charge in [-0.3, -0.25) is 9.52 Å². The third-order valence-corrected chi connectivity index (χ3v) is 11.2. The molecule has 4 aliphatic rings. The first kappa shape index (κ1) is 28.9. The zero-order valence-corrected chi connectivity index (χ0v) is 26.4. The smallest absolute Gasteiger partial charge is 0.264 e. The van der Waals surface area contributed by atoms with Crippen molar-refractivity contribution in [1.29, 1.82) is 0 Å². The van der Waals surface area contributed by atoms with Gasteiger partial charge in [0.25, 0.3) is 5.91 Å². The first-order valence-corrected chi connectivity index (χ1v) is 16.7. The summed E-state index contributed by atoms with van der Waals surface area (Å²) in [6.45, 7) is 7.34. The molecule has 9 nitrogen and oxygen atoms in total. The number of aromatic nitrogens is 4. The van der Waals surface area contributed by atoms with Crippen LogP contribution in [0.5, 0.6) is 5.88 Å². The van der Waals surface area contributed by atoms with Crippen LogP contribution in [-0.2, 0) is 0 Å². The van der Waals surface area contributed by atoms with Crippen LogP contribution in [0.1, 0.15) is 75.6 Å². The van der Waals surface area contributed by atoms with Crippen LogP contribution in [0.4, 0.5) is 5.82 Å². The second-order valence-electron chi connectivity index (χ2n) is 13.5. The van der Waals surface area contributed by atoms with E-state index in [4.69, 9.17) is 16.3 Å². The number of unbranched alkanes of at least 4 members (excludes halogenated alkanes) is 1. The molecule has 1 saturated heterocycles. The summed E-state index contributed by atoms with van der Waals surface area (Å²) in [4.78, 5) is 22.5. The molecule has 3 aliphatic carbocycles. The van der Waals surface area contributed by atoms with E-state index in [2.05, 4.69) is 44.3 Å². The van der Waals surface area contributed by atoms with Crippen LogP contribution in [0.2, 0.25) is 5.15 Å². The molecule has 4 heterocycles. The first-order chi connectivity index (χ1) is 20.8. The number of fused-ring (bicyclic) bond motifs is 1. The van der Waals surface area contributed by atoms with Gasteiger partial charge in [0, 0.05) is 41.4 Å². The van der Waals surface area contributed by atoms with E-state index in [1.165, 1.54) is 56.9 Å². The van der Waals surface area contributed by atoms with E-state index in [9.17, 15) is 4.79 Å². The number of hydrogen-bond donors (Lipinski definition) is 3. The summed E-state index contributed by atoms with van der Waals surface area (Å²) in [6, 6.07) is 9.11. The Kier molecular flexibility index (Phi) is 7.58. The maximum Gasteiger partial charge on any atom is 0.264 e. The molecule has 0 aromatic carbocycles. The van der Waals surface area contributed by atoms with Crippen LogP contribution in [-0.4, -0.2) is 50.9 Å². The first-order valence-electron chi connectivity index (χ1n) is 15.5. The SMILES string of the molecule is CC1(C)CC(CCCCNc2ccc(SNC(=O)c3ccc(-n4ccc(OCC5C6(CC6)C56CC6)n4)nc3Cl)cn2)CN1. The van der Waals surface area contributed by atoms with Gasteiger partial charge in [0.05, 0.1) is 12.2 Å². The number of rotatable bonds is 13. The van der Waals surface area contributed by atoms with Gasteiger partial charge in [0.1, 0.15) is 11.0 Å². The summed E-state index contributed by atoms with van der Waals surface area (Å²) < 4.78 is 10.5. The number of nitrogens with one attached hydrogen (secondary N) is 3. The highest BCUT2D eigenvalue weighted by Crippen LogP contribution is 2.92. The molecule has 1 atom stereocenters. The minimum Gasteiger partial charge on any atom is -0.476 e. The van der Waals surface area contributed by atoms with Crippen molar-refractivity contribution >= 4 is 35.3 Å². The second kappa shape index (κ2) is 11.3. The Labute approximate surface area is 262 Å². The van der Waals surface area contributed by atoms with E-state index in [-0.39, 0.29) is 16.6 Å². The van der Waals surface area contributed by atoms with Gasteiger partial charge in [0.2, 0.25) is 5.88 Å². The maximum atomic E-state index is 12.8. The molecule has 3 aromatic heterocycles. The highest BCUT2D eigenvalue weighted by atomic mass is 35.5. The maximum absolute atomic E-state index is 12.8. The molecule has 1 aliphatic heterocycles. The molecule has 228 valence electrons. The second-order valence-corrected chi connectivity index (χ2v) is 14.7. The van der Waals surface area contributed by atoms with Crippen molar-refractivity contribution in [3.63, 3.8) is 0 Å². The van der Waals surface area contributed by atoms with Crippen LogP contribution in [0, 0.1) is 22.7 Å². The number of halogens is 1. The van der Waals surface area contributed by atoms with Crippen LogP contribution in [0.25, 0.3) is 5.82 Å². The van der Waals surface area contributed by atoms with Gasteiger partial charge in [-0.15, -0.1) is 5.10 Å². The standard InChI is InChI=1S/C32H40ClN7O2S/c1-30(2)17-21(18-36-30)5-3-4-15-34-25-8-6-22(19-35-25)43-39-29(41)23-7-9-26(37-28(23)33)40-16-10-27(38-40)42-20-24-31(11-12-31)32(24)13-14-32/h6-10,16,19,21,24,36H,3-5,11-15,17-18,20H2,1-2H3,(H,34,35)(H,39,41). The Hall–Kier alpha value is -2.82. The summed E-state index contributed by atoms with van der Waals surface area (Å²) in [6.07, 6.45) is 13.9. The molecule has 3 aromatic rings. The fourth-order valence-electron chi connectivity index (χ4n) is 7.49. The largest absolute Gasteiger partial charge is 0.476 e. The number of ether oxygens (including phenoxy) is 1. The van der Waals surface area contributed by atoms with E-state index < -0.39 is 0 Å². The number of anilines is 1. The van der Waals surface area contributed by atoms with Gasteiger partial charge in [-0.1, -0.05) is 18.0 Å². The van der Waals surface area contributed by atoms with Crippen molar-refractivity contribution in [3.8, 4) is 11.7 Å². The van der Waals surface area contributed by atoms with Gasteiger partial charge >= 0.3 is 0 Å². The zero-order chi connectivity index (χ0) is 29.7. The Morgan fingerprint density at radius 2 is 1.95 bits per heavy atom. The Bertz CT molecular complexity index is 1470. The molecule has 0 bridgehead atoms. The number of hydrogen-bond acceptors (Lipinski definition) is 8. The molecular weight excluding hydrogens is 582 g/mol. The summed E-state index contributed by atoms with van der Waals surface area (Å²) in [5.74, 6) is 3.11. The molecule has 43 heavy (non-hydrogen) atoms. The molecule has 11 heteroatoms. The highest BCUT2D eigenvalue weighted by molar-refractivity contribution is 7.98. The van der Waals surface area contributed by atoms with Crippen molar-refractivity contribution in [2.75, 3.05) is 25.0 Å². The van der Waals surface area contributed by atoms with Crippen molar-refractivity contribution < 1.29 is 9.53 Å². The Balaban J connectivity index is 0.839. The average molecular weight is 622 g/mol. The number of carbonyl (C=O) groups is 1. The summed E-state index contributed by atoms with van der Waals surface area (Å²) in [7, 11) is 0. The lowest BCUT2D eigenvalue weighted by molar-refractivity contribution is 0.0984. The van der Waals surface area contributed by atoms with Crippen LogP contribution in [0.3, 0.4) is 0 Å². The predicted molar refractivity (Wildman–Crippen MR) is 169 cm³/mol. The molecule has 7 rings (SSSR count). The minimum atomic E-state index is -0.325. The molecule has 3 saturated carbocycles. The van der Waals surface area contributed by atoms with E-state index in [0.717, 1.165) is 42.7 Å². The van der Waals surface area contributed by atoms with Crippen molar-refractivity contribution in [2.45, 2.75) is 75.6 Å². The predicted octanol–water partition coefficient (Wildman–Crippen LogP) is 6.29. The molecule has 1 amide bonds. The van der Waals surface area contributed by atoms with Crippen molar-refractivity contribution in [3.05, 3.63) is 53.4 Å². The quantitative estimate of drug-likeness (QED) is 0.116. The topological polar surface area (TPSA) is 106 Å². The lowest BCUT2D eigenvalue weighted by atomic mass is 9.93. The molecule has 1 unspecified atom stereocenters. The van der Waals surface area contributed by atoms with Crippen molar-refractivity contribution in [2.24, 2.45) is 22.7 Å². The summed E-state index contributed by atoms with van der Waals surface area (Å²) in [5, 5.41) is 11.6. The van der Waals surface area contributed by atoms with Crippen LogP contribution < -0.4 is 20.1 Å². The fourth-order valence-corrected chi connectivity index (χ4v) is 8.29. The van der Waals surface area contributed by atoms with Crippen molar-refractivity contribution in [1.82, 2.24) is 29.8 Å². The molecule has 4 fully saturated rings. The molecule has 3 N–H and O–H groups in total. The lowest BCUT2D eigenvalue weighted by Crippen LogP contribution is -2.31.